The number of aliphatic hydroxyl groups is 1. The van der Waals surface area contributed by atoms with Gasteiger partial charge < -0.3 is 50.1 Å². The Kier molecular flexibility index (Phi) is 24.1. The van der Waals surface area contributed by atoms with Gasteiger partial charge in [-0.2, -0.15) is 0 Å². The summed E-state index contributed by atoms with van der Waals surface area (Å²) in [6.07, 6.45) is 3.11. The number of nitrogens with two attached hydrogens (primary N) is 1. The molecule has 0 saturated carbocycles. The van der Waals surface area contributed by atoms with Crippen molar-refractivity contribution in [1.29, 1.82) is 0 Å². The number of hydrogen-bond donors (Lipinski definition) is 5. The summed E-state index contributed by atoms with van der Waals surface area (Å²) < 4.78 is 29.2. The zero-order valence-electron chi connectivity index (χ0n) is 47.2. The summed E-state index contributed by atoms with van der Waals surface area (Å²) in [5.74, 6) is -3.91. The minimum absolute atomic E-state index is 0.0198. The first-order valence-corrected chi connectivity index (χ1v) is 28.7. The number of unbranched alkanes of at least 4 members (excludes halogenated alkanes) is 2. The van der Waals surface area contributed by atoms with E-state index in [0.717, 1.165) is 16.7 Å². The number of halogens is 2. The number of nitrogens with one attached hydrogen (secondary N) is 3. The van der Waals surface area contributed by atoms with Gasteiger partial charge in [0.15, 0.2) is 5.78 Å². The van der Waals surface area contributed by atoms with Crippen LogP contribution in [0.25, 0.3) is 0 Å². The molecule has 19 nitrogen and oxygen atoms in total. The standard InChI is InChI=1S/C59H79BrClN5O14/c1-34(2)43(29-42(67)16-11-10-12-24-77-55(72)37(5)33-60)54(71)65-44(17-14-23-63-56(62)73)46(68)28-39-19-21-41(22-20-39)64-57(74)79-49-30-50(69)66(8)45-27-40(26-36(4)52(45)61)25-35(3)15-13-18-48(76-9)59(75)31-47(78-51(70)32-59)38(6)53-58(49,7)80-53/h13,15,18-22,26-27,34,38,43-44,47-49,53,75H,5,10-12,14,16-17,23-25,28-33H2,1-4,6-9H3,(H,64,74)(H,65,71)(H3,62,63,73)/b18-13+,35-15+/t38-,43+,44+,47+,48-,49+,53+,58+,59-/m1/s1. The predicted octanol–water partition coefficient (Wildman–Crippen LogP) is 8.25. The van der Waals surface area contributed by atoms with Gasteiger partial charge in [-0.1, -0.05) is 96.9 Å². The molecule has 2 aromatic rings. The molecule has 80 heavy (non-hydrogen) atoms. The number of hydrogen-bond acceptors (Lipinski definition) is 14. The van der Waals surface area contributed by atoms with Crippen LogP contribution in [0.3, 0.4) is 0 Å². The van der Waals surface area contributed by atoms with E-state index in [-0.39, 0.29) is 75.6 Å². The number of alkyl halides is 1. The number of rotatable bonds is 23. The molecular formula is C59H79BrClN5O14. The van der Waals surface area contributed by atoms with E-state index in [4.69, 9.17) is 41.0 Å². The minimum Gasteiger partial charge on any atom is -0.462 e. The molecule has 6 N–H and O–H groups in total. The number of fused-ring (bicyclic) bond motifs is 5. The molecule has 21 heteroatoms. The lowest BCUT2D eigenvalue weighted by atomic mass is 9.78. The van der Waals surface area contributed by atoms with Crippen molar-refractivity contribution in [2.75, 3.05) is 42.9 Å². The summed E-state index contributed by atoms with van der Waals surface area (Å²) in [6, 6.07) is 8.48. The second-order valence-corrected chi connectivity index (χ2v) is 22.8. The van der Waals surface area contributed by atoms with Crippen LogP contribution in [0.5, 0.6) is 0 Å². The summed E-state index contributed by atoms with van der Waals surface area (Å²) in [5, 5.41) is 20.8. The summed E-state index contributed by atoms with van der Waals surface area (Å²) in [7, 11) is 3.06. The molecule has 2 fully saturated rings. The fraction of sp³-hybridized carbons (Fsp3) is 0.559. The Bertz CT molecular complexity index is 2660. The van der Waals surface area contributed by atoms with Crippen molar-refractivity contribution < 1.29 is 67.1 Å². The number of epoxide rings is 1. The second kappa shape index (κ2) is 29.7. The molecule has 3 aliphatic rings. The third-order valence-corrected chi connectivity index (χ3v) is 16.2. The topological polar surface area (TPSA) is 272 Å². The van der Waals surface area contributed by atoms with Gasteiger partial charge in [0.1, 0.15) is 35.3 Å². The molecule has 0 unspecified atom stereocenters. The fourth-order valence-corrected chi connectivity index (χ4v) is 10.7. The molecule has 3 heterocycles. The van der Waals surface area contributed by atoms with E-state index in [1.165, 1.54) is 12.0 Å². The Morgan fingerprint density at radius 1 is 1.05 bits per heavy atom. The minimum atomic E-state index is -1.62. The predicted molar refractivity (Wildman–Crippen MR) is 306 cm³/mol. The number of anilines is 2. The van der Waals surface area contributed by atoms with E-state index >= 15 is 0 Å². The zero-order valence-corrected chi connectivity index (χ0v) is 49.5. The number of carbonyl (C=O) groups excluding carboxylic acids is 8. The third-order valence-electron chi connectivity index (χ3n) is 15.1. The normalized spacial score (nSPS) is 24.9. The van der Waals surface area contributed by atoms with Crippen LogP contribution in [-0.4, -0.2) is 127 Å². The zero-order chi connectivity index (χ0) is 59.1. The number of nitrogens with zero attached hydrogens (tertiary/aromatic N) is 1. The van der Waals surface area contributed by atoms with Gasteiger partial charge >= 0.3 is 24.1 Å². The van der Waals surface area contributed by atoms with Crippen LogP contribution in [0, 0.1) is 24.7 Å². The van der Waals surface area contributed by atoms with E-state index in [9.17, 15) is 43.5 Å². The fourth-order valence-electron chi connectivity index (χ4n) is 10.2. The number of aryl methyl sites for hydroxylation is 1. The molecule has 9 atom stereocenters. The Morgan fingerprint density at radius 3 is 2.42 bits per heavy atom. The number of Topliss-reactive ketones (excluding diaryl/α,β-unsaturated/α-hetero) is 2. The first kappa shape index (κ1) is 64.9. The van der Waals surface area contributed by atoms with Crippen LogP contribution in [0.4, 0.5) is 21.0 Å². The highest BCUT2D eigenvalue weighted by Gasteiger charge is 2.64. The molecule has 2 saturated heterocycles. The Balaban J connectivity index is 1.29. The van der Waals surface area contributed by atoms with Gasteiger partial charge in [-0.3, -0.25) is 29.3 Å². The number of primary amides is 1. The maximum Gasteiger partial charge on any atom is 0.412 e. The number of ketones is 2. The quantitative estimate of drug-likeness (QED) is 0.0175. The Labute approximate surface area is 482 Å². The number of esters is 2. The van der Waals surface area contributed by atoms with E-state index in [1.807, 2.05) is 45.9 Å². The van der Waals surface area contributed by atoms with Crippen LogP contribution < -0.4 is 26.6 Å². The number of amides is 5. The molecule has 0 spiro atoms. The molecule has 3 aliphatic heterocycles. The van der Waals surface area contributed by atoms with Gasteiger partial charge in [-0.15, -0.1) is 0 Å². The highest BCUT2D eigenvalue weighted by Crippen LogP contribution is 2.50. The molecule has 438 valence electrons. The Hall–Kier alpha value is -5.93. The van der Waals surface area contributed by atoms with E-state index in [1.54, 1.807) is 57.3 Å². The SMILES string of the molecule is C=C(CBr)C(=O)OCCCCCC(=O)C[C@H](C(=O)N[C@@H](CCCNC(N)=O)C(=O)Cc1ccc(NC(=O)O[C@H]2CC(=O)N(C)c3cc(cc(C)c3Cl)C/C(C)=C/C=C/[C@@H](OC)[C@]3(O)CC(=O)O[C@@H](C3)[C@@H](C)[C@@H]3O[C@@]23C)cc1)C(C)C. The lowest BCUT2D eigenvalue weighted by molar-refractivity contribution is -0.187. The molecule has 5 amide bonds. The van der Waals surface area contributed by atoms with Crippen LogP contribution in [0.15, 0.2) is 72.4 Å². The van der Waals surface area contributed by atoms with Gasteiger partial charge in [0.05, 0.1) is 42.3 Å². The molecule has 2 aromatic carbocycles. The first-order chi connectivity index (χ1) is 37.8. The van der Waals surface area contributed by atoms with Crippen molar-refractivity contribution in [1.82, 2.24) is 10.6 Å². The monoisotopic (exact) mass is 1200 g/mol. The van der Waals surface area contributed by atoms with Crippen molar-refractivity contribution in [3.05, 3.63) is 94.1 Å². The van der Waals surface area contributed by atoms with E-state index < -0.39 is 89.4 Å². The number of urea groups is 1. The third kappa shape index (κ3) is 18.3. The smallest absolute Gasteiger partial charge is 0.412 e. The van der Waals surface area contributed by atoms with Crippen LogP contribution in [-0.2, 0) is 65.3 Å². The Morgan fingerprint density at radius 2 is 1.76 bits per heavy atom. The van der Waals surface area contributed by atoms with Gasteiger partial charge in [-0.05, 0) is 100 Å². The lowest BCUT2D eigenvalue weighted by Gasteiger charge is -2.41. The maximum absolute atomic E-state index is 14.4. The van der Waals surface area contributed by atoms with Crippen molar-refractivity contribution >= 4 is 86.3 Å². The van der Waals surface area contributed by atoms with Gasteiger partial charge in [0.2, 0.25) is 11.8 Å². The summed E-state index contributed by atoms with van der Waals surface area (Å²) in [6.45, 7) is 15.0. The number of allylic oxidation sites excluding steroid dienone is 3. The van der Waals surface area contributed by atoms with Gasteiger partial charge in [-0.25, -0.2) is 14.4 Å². The average molecular weight is 1200 g/mol. The van der Waals surface area contributed by atoms with Crippen molar-refractivity contribution in [3.8, 4) is 0 Å². The number of methoxy groups -OCH3 is 1. The van der Waals surface area contributed by atoms with Crippen LogP contribution >= 0.6 is 27.5 Å². The lowest BCUT2D eigenvalue weighted by Crippen LogP contribution is -2.53. The average Bonchev–Trinajstić information content (AvgIpc) is 4.17. The van der Waals surface area contributed by atoms with Crippen LogP contribution in [0.2, 0.25) is 5.02 Å². The summed E-state index contributed by atoms with van der Waals surface area (Å²) in [4.78, 5) is 107. The highest BCUT2D eigenvalue weighted by atomic mass is 79.9. The van der Waals surface area contributed by atoms with E-state index in [2.05, 4.69) is 38.5 Å². The summed E-state index contributed by atoms with van der Waals surface area (Å²) in [5.41, 5.74) is 6.59. The maximum atomic E-state index is 14.4. The molecule has 0 aromatic heterocycles. The molecule has 5 rings (SSSR count). The van der Waals surface area contributed by atoms with Crippen LogP contribution in [0.1, 0.15) is 116 Å². The first-order valence-electron chi connectivity index (χ1n) is 27.2. The van der Waals surface area contributed by atoms with Crippen molar-refractivity contribution in [2.45, 2.75) is 160 Å². The number of ether oxygens (including phenoxy) is 5. The number of benzene rings is 2. The van der Waals surface area contributed by atoms with Gasteiger partial charge in [0.25, 0.3) is 0 Å². The van der Waals surface area contributed by atoms with Crippen molar-refractivity contribution in [3.63, 3.8) is 0 Å². The molecule has 0 radical (unpaired) electrons. The van der Waals surface area contributed by atoms with Crippen molar-refractivity contribution in [2.24, 2.45) is 23.5 Å². The number of carbonyl (C=O) groups is 8. The largest absolute Gasteiger partial charge is 0.462 e. The molecular weight excluding hydrogens is 1120 g/mol. The summed E-state index contributed by atoms with van der Waals surface area (Å²) >= 11 is 10.0. The molecule has 4 bridgehead atoms. The second-order valence-electron chi connectivity index (χ2n) is 21.9. The van der Waals surface area contributed by atoms with E-state index in [0.29, 0.717) is 65.0 Å². The van der Waals surface area contributed by atoms with Gasteiger partial charge in [0, 0.05) is 74.8 Å². The molecule has 0 aliphatic carbocycles. The highest BCUT2D eigenvalue weighted by molar-refractivity contribution is 9.09.